The fraction of sp³-hybridized carbons (Fsp3) is 0. The van der Waals surface area contributed by atoms with Crippen LogP contribution < -0.4 is 5.73 Å². The maximum Gasteiger partial charge on any atom is 0.122 e. The fourth-order valence-corrected chi connectivity index (χ4v) is 1.52. The lowest BCUT2D eigenvalue weighted by Crippen LogP contribution is -2.11. The van der Waals surface area contributed by atoms with Crippen LogP contribution in [0.15, 0.2) is 35.2 Å². The van der Waals surface area contributed by atoms with E-state index in [0.29, 0.717) is 10.7 Å². The van der Waals surface area contributed by atoms with Gasteiger partial charge >= 0.3 is 0 Å². The van der Waals surface area contributed by atoms with Crippen molar-refractivity contribution in [1.29, 1.82) is 0 Å². The fourth-order valence-electron chi connectivity index (χ4n) is 1.11. The van der Waals surface area contributed by atoms with E-state index < -0.39 is 0 Å². The molecule has 76 valence electrons. The molecule has 0 unspecified atom stereocenters. The van der Waals surface area contributed by atoms with Crippen LogP contribution >= 0.6 is 28.1 Å². The SMILES string of the molecule is NC(=S)c1ccc(-n2cc(Br)cn2)cn1. The maximum atomic E-state index is 5.45. The number of rotatable bonds is 2. The number of nitrogens with zero attached hydrogens (tertiary/aromatic N) is 3. The van der Waals surface area contributed by atoms with E-state index in [1.54, 1.807) is 23.1 Å². The van der Waals surface area contributed by atoms with Crippen LogP contribution in [0, 0.1) is 0 Å². The largest absolute Gasteiger partial charge is 0.388 e. The molecule has 0 atom stereocenters. The second-order valence-corrected chi connectivity index (χ2v) is 4.22. The lowest BCUT2D eigenvalue weighted by molar-refractivity contribution is 0.873. The van der Waals surface area contributed by atoms with Gasteiger partial charge in [0, 0.05) is 6.20 Å². The van der Waals surface area contributed by atoms with Gasteiger partial charge in [-0.05, 0) is 28.1 Å². The first-order valence-electron chi connectivity index (χ1n) is 4.13. The first kappa shape index (κ1) is 10.3. The van der Waals surface area contributed by atoms with Gasteiger partial charge in [-0.3, -0.25) is 4.98 Å². The van der Waals surface area contributed by atoms with Gasteiger partial charge in [0.15, 0.2) is 0 Å². The third kappa shape index (κ3) is 2.21. The van der Waals surface area contributed by atoms with Crippen LogP contribution in [0.4, 0.5) is 0 Å². The molecule has 0 aliphatic heterocycles. The van der Waals surface area contributed by atoms with E-state index in [1.165, 1.54) is 0 Å². The first-order valence-corrected chi connectivity index (χ1v) is 5.33. The van der Waals surface area contributed by atoms with E-state index in [0.717, 1.165) is 10.2 Å². The van der Waals surface area contributed by atoms with Gasteiger partial charge in [0.1, 0.15) is 4.99 Å². The molecule has 2 aromatic heterocycles. The molecule has 15 heavy (non-hydrogen) atoms. The van der Waals surface area contributed by atoms with Crippen molar-refractivity contribution in [2.24, 2.45) is 5.73 Å². The summed E-state index contributed by atoms with van der Waals surface area (Å²) >= 11 is 8.13. The third-order valence-corrected chi connectivity index (χ3v) is 2.43. The molecule has 2 rings (SSSR count). The van der Waals surface area contributed by atoms with E-state index in [-0.39, 0.29) is 0 Å². The van der Waals surface area contributed by atoms with Crippen molar-refractivity contribution in [2.75, 3.05) is 0 Å². The van der Waals surface area contributed by atoms with Gasteiger partial charge in [-0.1, -0.05) is 12.2 Å². The predicted molar refractivity (Wildman–Crippen MR) is 64.9 cm³/mol. The number of aromatic nitrogens is 3. The molecular formula is C9H7BrN4S. The molecule has 6 heteroatoms. The highest BCUT2D eigenvalue weighted by molar-refractivity contribution is 9.10. The molecule has 2 aromatic rings. The lowest BCUT2D eigenvalue weighted by atomic mass is 10.3. The molecule has 0 aromatic carbocycles. The molecule has 0 saturated carbocycles. The average molecular weight is 283 g/mol. The van der Waals surface area contributed by atoms with Crippen molar-refractivity contribution in [1.82, 2.24) is 14.8 Å². The van der Waals surface area contributed by atoms with E-state index >= 15 is 0 Å². The van der Waals surface area contributed by atoms with E-state index in [1.807, 2.05) is 12.3 Å². The monoisotopic (exact) mass is 282 g/mol. The highest BCUT2D eigenvalue weighted by Crippen LogP contribution is 2.11. The van der Waals surface area contributed by atoms with Crippen LogP contribution in [0.5, 0.6) is 0 Å². The summed E-state index contributed by atoms with van der Waals surface area (Å²) in [4.78, 5) is 4.42. The maximum absolute atomic E-state index is 5.45. The number of hydrogen-bond donors (Lipinski definition) is 1. The highest BCUT2D eigenvalue weighted by Gasteiger charge is 2.01. The van der Waals surface area contributed by atoms with Gasteiger partial charge in [-0.25, -0.2) is 4.68 Å². The average Bonchev–Trinajstić information content (AvgIpc) is 2.65. The molecule has 0 radical (unpaired) electrons. The summed E-state index contributed by atoms with van der Waals surface area (Å²) in [5.41, 5.74) is 6.92. The molecule has 0 aliphatic rings. The van der Waals surface area contributed by atoms with Crippen LogP contribution in [-0.2, 0) is 0 Å². The van der Waals surface area contributed by atoms with Crippen molar-refractivity contribution in [3.05, 3.63) is 40.9 Å². The normalized spacial score (nSPS) is 10.2. The van der Waals surface area contributed by atoms with Gasteiger partial charge in [-0.15, -0.1) is 0 Å². The lowest BCUT2D eigenvalue weighted by Gasteiger charge is -2.01. The van der Waals surface area contributed by atoms with Gasteiger partial charge in [-0.2, -0.15) is 5.10 Å². The van der Waals surface area contributed by atoms with E-state index in [9.17, 15) is 0 Å². The van der Waals surface area contributed by atoms with Gasteiger partial charge < -0.3 is 5.73 Å². The first-order chi connectivity index (χ1) is 7.16. The summed E-state index contributed by atoms with van der Waals surface area (Å²) in [6.07, 6.45) is 5.23. The van der Waals surface area contributed by atoms with Gasteiger partial charge in [0.2, 0.25) is 0 Å². The second kappa shape index (κ2) is 4.08. The van der Waals surface area contributed by atoms with Gasteiger partial charge in [0.25, 0.3) is 0 Å². The molecule has 2 heterocycles. The van der Waals surface area contributed by atoms with Crippen molar-refractivity contribution in [2.45, 2.75) is 0 Å². The van der Waals surface area contributed by atoms with Crippen molar-refractivity contribution in [3.8, 4) is 5.69 Å². The highest BCUT2D eigenvalue weighted by atomic mass is 79.9. The summed E-state index contributed by atoms with van der Waals surface area (Å²) in [5, 5.41) is 4.13. The number of pyridine rings is 1. The van der Waals surface area contributed by atoms with Crippen LogP contribution in [0.2, 0.25) is 0 Å². The Morgan fingerprint density at radius 3 is 2.67 bits per heavy atom. The minimum Gasteiger partial charge on any atom is -0.388 e. The van der Waals surface area contributed by atoms with Crippen molar-refractivity contribution < 1.29 is 0 Å². The Kier molecular flexibility index (Phi) is 2.79. The summed E-state index contributed by atoms with van der Waals surface area (Å²) in [6, 6.07) is 3.63. The zero-order valence-electron chi connectivity index (χ0n) is 7.59. The van der Waals surface area contributed by atoms with E-state index in [2.05, 4.69) is 26.0 Å². The molecule has 0 aliphatic carbocycles. The quantitative estimate of drug-likeness (QED) is 0.852. The zero-order valence-corrected chi connectivity index (χ0v) is 9.99. The number of hydrogen-bond acceptors (Lipinski definition) is 3. The van der Waals surface area contributed by atoms with Crippen LogP contribution in [-0.4, -0.2) is 19.8 Å². The second-order valence-electron chi connectivity index (χ2n) is 2.87. The standard InChI is InChI=1S/C9H7BrN4S/c10-6-3-13-14(5-6)7-1-2-8(9(11)15)12-4-7/h1-5H,(H2,11,15). The Morgan fingerprint density at radius 1 is 1.40 bits per heavy atom. The van der Waals surface area contributed by atoms with Crippen LogP contribution in [0.1, 0.15) is 5.69 Å². The van der Waals surface area contributed by atoms with Crippen molar-refractivity contribution >= 4 is 33.1 Å². The molecular weight excluding hydrogens is 276 g/mol. The Balaban J connectivity index is 2.35. The summed E-state index contributed by atoms with van der Waals surface area (Å²) in [6.45, 7) is 0. The van der Waals surface area contributed by atoms with Crippen LogP contribution in [0.3, 0.4) is 0 Å². The third-order valence-electron chi connectivity index (χ3n) is 1.82. The smallest absolute Gasteiger partial charge is 0.122 e. The molecule has 0 bridgehead atoms. The van der Waals surface area contributed by atoms with Gasteiger partial charge in [0.05, 0.1) is 28.2 Å². The topological polar surface area (TPSA) is 56.7 Å². The van der Waals surface area contributed by atoms with Crippen molar-refractivity contribution in [3.63, 3.8) is 0 Å². The zero-order chi connectivity index (χ0) is 10.8. The summed E-state index contributed by atoms with van der Waals surface area (Å²) < 4.78 is 2.63. The molecule has 4 nitrogen and oxygen atoms in total. The molecule has 0 fully saturated rings. The molecule has 0 spiro atoms. The number of nitrogens with two attached hydrogens (primary N) is 1. The Hall–Kier alpha value is -1.27. The minimum absolute atomic E-state index is 0.295. The van der Waals surface area contributed by atoms with E-state index in [4.69, 9.17) is 18.0 Å². The summed E-state index contributed by atoms with van der Waals surface area (Å²) in [7, 11) is 0. The summed E-state index contributed by atoms with van der Waals surface area (Å²) in [5.74, 6) is 0. The molecule has 0 saturated heterocycles. The molecule has 2 N–H and O–H groups in total. The molecule has 0 amide bonds. The predicted octanol–water partition coefficient (Wildman–Crippen LogP) is 1.66. The van der Waals surface area contributed by atoms with Crippen LogP contribution in [0.25, 0.3) is 5.69 Å². The number of halogens is 1. The minimum atomic E-state index is 0.295. The Bertz CT molecular complexity index is 491. The number of thiocarbonyl (C=S) groups is 1. The Labute approximate surface area is 100 Å². The Morgan fingerprint density at radius 2 is 2.20 bits per heavy atom.